The van der Waals surface area contributed by atoms with Crippen molar-refractivity contribution >= 4 is 0 Å². The fraction of sp³-hybridized carbons (Fsp3) is 0.625. The molecule has 1 heterocycles. The van der Waals surface area contributed by atoms with Gasteiger partial charge in [0.1, 0.15) is 0 Å². The average Bonchev–Trinajstić information content (AvgIpc) is 2.48. The van der Waals surface area contributed by atoms with Crippen LogP contribution in [0.15, 0.2) is 24.3 Å². The molecule has 106 valence electrons. The van der Waals surface area contributed by atoms with Gasteiger partial charge in [0.2, 0.25) is 0 Å². The summed E-state index contributed by atoms with van der Waals surface area (Å²) in [6, 6.07) is 8.71. The molecule has 0 bridgehead atoms. The van der Waals surface area contributed by atoms with Crippen molar-refractivity contribution in [1.29, 1.82) is 0 Å². The second-order valence-corrected chi connectivity index (χ2v) is 5.12. The second-order valence-electron chi connectivity index (χ2n) is 5.12. The third-order valence-corrected chi connectivity index (χ3v) is 3.43. The van der Waals surface area contributed by atoms with E-state index < -0.39 is 0 Å². The molecule has 1 aliphatic heterocycles. The molecule has 0 amide bonds. The number of benzene rings is 1. The van der Waals surface area contributed by atoms with E-state index in [1.165, 1.54) is 17.5 Å². The molecule has 1 aromatic rings. The van der Waals surface area contributed by atoms with Crippen LogP contribution < -0.4 is 5.32 Å². The fourth-order valence-electron chi connectivity index (χ4n) is 2.22. The van der Waals surface area contributed by atoms with Crippen molar-refractivity contribution in [3.05, 3.63) is 35.4 Å². The van der Waals surface area contributed by atoms with E-state index in [2.05, 4.69) is 36.5 Å². The summed E-state index contributed by atoms with van der Waals surface area (Å²) in [5.41, 5.74) is 2.59. The van der Waals surface area contributed by atoms with E-state index >= 15 is 0 Å². The molecule has 0 spiro atoms. The minimum Gasteiger partial charge on any atom is -0.381 e. The number of ether oxygens (including phenoxy) is 2. The lowest BCUT2D eigenvalue weighted by Gasteiger charge is -2.22. The summed E-state index contributed by atoms with van der Waals surface area (Å²) in [5, 5.41) is 3.41. The maximum Gasteiger partial charge on any atom is 0.0720 e. The second kappa shape index (κ2) is 8.31. The van der Waals surface area contributed by atoms with Crippen LogP contribution in [-0.2, 0) is 22.6 Å². The van der Waals surface area contributed by atoms with E-state index in [1.54, 1.807) is 0 Å². The van der Waals surface area contributed by atoms with E-state index in [-0.39, 0.29) is 0 Å². The summed E-state index contributed by atoms with van der Waals surface area (Å²) in [4.78, 5) is 0. The third kappa shape index (κ3) is 5.31. The lowest BCUT2D eigenvalue weighted by Crippen LogP contribution is -2.23. The van der Waals surface area contributed by atoms with Crippen molar-refractivity contribution in [3.63, 3.8) is 0 Å². The van der Waals surface area contributed by atoms with Crippen LogP contribution in [0.4, 0.5) is 0 Å². The Labute approximate surface area is 116 Å². The molecule has 0 radical (unpaired) electrons. The zero-order chi connectivity index (χ0) is 13.3. The molecule has 1 aliphatic rings. The minimum atomic E-state index is 0.375. The van der Waals surface area contributed by atoms with Gasteiger partial charge in [0.25, 0.3) is 0 Å². The Balaban J connectivity index is 1.71. The van der Waals surface area contributed by atoms with Gasteiger partial charge < -0.3 is 14.8 Å². The Hall–Kier alpha value is -0.900. The highest BCUT2D eigenvalue weighted by Crippen LogP contribution is 2.13. The van der Waals surface area contributed by atoms with Gasteiger partial charge in [-0.1, -0.05) is 31.2 Å². The summed E-state index contributed by atoms with van der Waals surface area (Å²) < 4.78 is 11.2. The van der Waals surface area contributed by atoms with Gasteiger partial charge in [0, 0.05) is 19.8 Å². The van der Waals surface area contributed by atoms with E-state index in [9.17, 15) is 0 Å². The Kier molecular flexibility index (Phi) is 6.34. The molecule has 0 aromatic heterocycles. The monoisotopic (exact) mass is 263 g/mol. The average molecular weight is 263 g/mol. The predicted octanol–water partition coefficient (Wildman–Crippen LogP) is 2.88. The van der Waals surface area contributed by atoms with Crippen LogP contribution in [-0.4, -0.2) is 25.9 Å². The summed E-state index contributed by atoms with van der Waals surface area (Å²) >= 11 is 0. The van der Waals surface area contributed by atoms with Crippen molar-refractivity contribution in [1.82, 2.24) is 5.32 Å². The van der Waals surface area contributed by atoms with Crippen LogP contribution in [0.3, 0.4) is 0 Å². The van der Waals surface area contributed by atoms with Crippen LogP contribution in [0.25, 0.3) is 0 Å². The van der Waals surface area contributed by atoms with Crippen LogP contribution in [0.1, 0.15) is 37.3 Å². The quantitative estimate of drug-likeness (QED) is 0.767. The van der Waals surface area contributed by atoms with E-state index in [4.69, 9.17) is 9.47 Å². The molecule has 1 N–H and O–H groups in total. The molecule has 0 aliphatic carbocycles. The summed E-state index contributed by atoms with van der Waals surface area (Å²) in [7, 11) is 0. The first kappa shape index (κ1) is 14.5. The lowest BCUT2D eigenvalue weighted by molar-refractivity contribution is -0.0390. The first-order chi connectivity index (χ1) is 9.38. The molecule has 1 saturated heterocycles. The molecule has 0 atom stereocenters. The smallest absolute Gasteiger partial charge is 0.0720 e. The highest BCUT2D eigenvalue weighted by molar-refractivity contribution is 5.21. The van der Waals surface area contributed by atoms with Gasteiger partial charge >= 0.3 is 0 Å². The van der Waals surface area contributed by atoms with Crippen molar-refractivity contribution in [2.75, 3.05) is 19.8 Å². The Morgan fingerprint density at radius 2 is 1.84 bits per heavy atom. The highest BCUT2D eigenvalue weighted by Gasteiger charge is 2.13. The topological polar surface area (TPSA) is 30.5 Å². The molecule has 0 saturated carbocycles. The van der Waals surface area contributed by atoms with Crippen LogP contribution in [0.5, 0.6) is 0 Å². The first-order valence-corrected chi connectivity index (χ1v) is 7.36. The van der Waals surface area contributed by atoms with Crippen LogP contribution in [0, 0.1) is 0 Å². The predicted molar refractivity (Wildman–Crippen MR) is 77.1 cm³/mol. The summed E-state index contributed by atoms with van der Waals surface area (Å²) in [6.07, 6.45) is 3.61. The molecule has 19 heavy (non-hydrogen) atoms. The van der Waals surface area contributed by atoms with Gasteiger partial charge in [-0.2, -0.15) is 0 Å². The zero-order valence-electron chi connectivity index (χ0n) is 11.9. The maximum atomic E-state index is 5.91. The SMILES string of the molecule is CCCNCc1ccc(COC2CCOCC2)cc1. The minimum absolute atomic E-state index is 0.375. The van der Waals surface area contributed by atoms with E-state index in [0.717, 1.165) is 39.1 Å². The molecule has 0 unspecified atom stereocenters. The summed E-state index contributed by atoms with van der Waals surface area (Å²) in [6.45, 7) is 6.61. The van der Waals surface area contributed by atoms with Gasteiger partial charge in [0.15, 0.2) is 0 Å². The van der Waals surface area contributed by atoms with Gasteiger partial charge in [-0.15, -0.1) is 0 Å². The molecule has 3 nitrogen and oxygen atoms in total. The van der Waals surface area contributed by atoms with Crippen LogP contribution >= 0.6 is 0 Å². The standard InChI is InChI=1S/C16H25NO2/c1-2-9-17-12-14-3-5-15(6-4-14)13-19-16-7-10-18-11-8-16/h3-6,16-17H,2,7-13H2,1H3. The first-order valence-electron chi connectivity index (χ1n) is 7.36. The van der Waals surface area contributed by atoms with Crippen molar-refractivity contribution in [2.24, 2.45) is 0 Å². The number of nitrogens with one attached hydrogen (secondary N) is 1. The van der Waals surface area contributed by atoms with E-state index in [1.807, 2.05) is 0 Å². The third-order valence-electron chi connectivity index (χ3n) is 3.43. The molecular formula is C16H25NO2. The Morgan fingerprint density at radius 3 is 2.53 bits per heavy atom. The lowest BCUT2D eigenvalue weighted by atomic mass is 10.1. The number of hydrogen-bond acceptors (Lipinski definition) is 3. The zero-order valence-corrected chi connectivity index (χ0v) is 11.9. The summed E-state index contributed by atoms with van der Waals surface area (Å²) in [5.74, 6) is 0. The maximum absolute atomic E-state index is 5.91. The van der Waals surface area contributed by atoms with Gasteiger partial charge in [-0.05, 0) is 36.9 Å². The molecular weight excluding hydrogens is 238 g/mol. The normalized spacial score (nSPS) is 16.7. The number of hydrogen-bond donors (Lipinski definition) is 1. The highest BCUT2D eigenvalue weighted by atomic mass is 16.5. The molecule has 1 aromatic carbocycles. The molecule has 3 heteroatoms. The van der Waals surface area contributed by atoms with Crippen molar-refractivity contribution < 1.29 is 9.47 Å². The Morgan fingerprint density at radius 1 is 1.16 bits per heavy atom. The molecule has 2 rings (SSSR count). The Bertz CT molecular complexity index is 344. The van der Waals surface area contributed by atoms with E-state index in [0.29, 0.717) is 12.7 Å². The van der Waals surface area contributed by atoms with Crippen LogP contribution in [0.2, 0.25) is 0 Å². The number of rotatable bonds is 7. The van der Waals surface area contributed by atoms with Crippen molar-refractivity contribution in [2.45, 2.75) is 45.4 Å². The van der Waals surface area contributed by atoms with Gasteiger partial charge in [0.05, 0.1) is 12.7 Å². The van der Waals surface area contributed by atoms with Gasteiger partial charge in [-0.25, -0.2) is 0 Å². The fourth-order valence-corrected chi connectivity index (χ4v) is 2.22. The van der Waals surface area contributed by atoms with Crippen molar-refractivity contribution in [3.8, 4) is 0 Å². The largest absolute Gasteiger partial charge is 0.381 e. The molecule has 1 fully saturated rings. The van der Waals surface area contributed by atoms with Gasteiger partial charge in [-0.3, -0.25) is 0 Å².